The van der Waals surface area contributed by atoms with Gasteiger partial charge in [0.1, 0.15) is 0 Å². The maximum Gasteiger partial charge on any atom is 0.0567 e. The molecule has 0 aliphatic carbocycles. The third-order valence-corrected chi connectivity index (χ3v) is 17.4. The van der Waals surface area contributed by atoms with Crippen LogP contribution in [0.25, 0.3) is 0 Å². The highest BCUT2D eigenvalue weighted by atomic mass is 28.3. The molecule has 0 saturated heterocycles. The number of rotatable bonds is 10. The second-order valence-corrected chi connectivity index (χ2v) is 17.6. The van der Waals surface area contributed by atoms with E-state index in [1.54, 1.807) is 5.57 Å². The van der Waals surface area contributed by atoms with Crippen molar-refractivity contribution in [3.05, 3.63) is 11.6 Å². The average molecular weight is 299 g/mol. The van der Waals surface area contributed by atoms with E-state index in [1.807, 2.05) is 0 Å². The molecule has 0 unspecified atom stereocenters. The van der Waals surface area contributed by atoms with Crippen molar-refractivity contribution in [3.63, 3.8) is 0 Å². The summed E-state index contributed by atoms with van der Waals surface area (Å²) < 4.78 is 0. The molecule has 0 aromatic rings. The van der Waals surface area contributed by atoms with Gasteiger partial charge in [-0.2, -0.15) is 0 Å². The Hall–Kier alpha value is 0.174. The molecule has 0 amide bonds. The van der Waals surface area contributed by atoms with Gasteiger partial charge in [-0.1, -0.05) is 89.5 Å². The van der Waals surface area contributed by atoms with Crippen molar-refractivity contribution >= 4 is 16.1 Å². The van der Waals surface area contributed by atoms with Gasteiger partial charge in [0.25, 0.3) is 0 Å². The molecule has 2 heteroatoms. The summed E-state index contributed by atoms with van der Waals surface area (Å²) >= 11 is 0. The van der Waals surface area contributed by atoms with Crippen LogP contribution in [0.15, 0.2) is 11.6 Å². The minimum atomic E-state index is -0.960. The second kappa shape index (κ2) is 9.17. The molecule has 0 saturated carbocycles. The molecule has 0 aliphatic rings. The SMILES string of the molecule is CC[Si](CC)(CC)CC=C(C)C[Si](CC)(CC)CC. The Kier molecular flexibility index (Phi) is 9.26. The first kappa shape index (κ1) is 19.2. The van der Waals surface area contributed by atoms with Gasteiger partial charge in [-0.05, 0) is 19.0 Å². The standard InChI is InChI=1S/C17H38Si2/c1-8-18(9-2,10-3)15-14-17(7)16-19(11-4,12-5)13-6/h14H,8-13,15-16H2,1-7H3. The Morgan fingerprint density at radius 2 is 1.05 bits per heavy atom. The zero-order valence-corrected chi connectivity index (χ0v) is 16.7. The molecular weight excluding hydrogens is 260 g/mol. The Morgan fingerprint density at radius 1 is 0.684 bits per heavy atom. The maximum absolute atomic E-state index is 2.64. The van der Waals surface area contributed by atoms with Crippen LogP contribution in [0, 0.1) is 0 Å². The van der Waals surface area contributed by atoms with Crippen LogP contribution >= 0.6 is 0 Å². The number of hydrogen-bond acceptors (Lipinski definition) is 0. The molecule has 0 N–H and O–H groups in total. The summed E-state index contributed by atoms with van der Waals surface area (Å²) in [6.07, 6.45) is 2.64. The van der Waals surface area contributed by atoms with Crippen LogP contribution in [0.1, 0.15) is 48.5 Å². The second-order valence-electron chi connectivity index (χ2n) is 6.55. The lowest BCUT2D eigenvalue weighted by molar-refractivity contribution is 1.10. The van der Waals surface area contributed by atoms with E-state index < -0.39 is 16.1 Å². The van der Waals surface area contributed by atoms with E-state index in [4.69, 9.17) is 0 Å². The van der Waals surface area contributed by atoms with Crippen molar-refractivity contribution in [2.75, 3.05) is 0 Å². The molecule has 19 heavy (non-hydrogen) atoms. The zero-order chi connectivity index (χ0) is 14.9. The number of hydrogen-bond donors (Lipinski definition) is 0. The Morgan fingerprint density at radius 3 is 1.37 bits per heavy atom. The van der Waals surface area contributed by atoms with Gasteiger partial charge in [0, 0.05) is 0 Å². The largest absolute Gasteiger partial charge is 0.0885 e. The summed E-state index contributed by atoms with van der Waals surface area (Å²) in [4.78, 5) is 0. The molecule has 0 spiro atoms. The van der Waals surface area contributed by atoms with Crippen LogP contribution in [0.5, 0.6) is 0 Å². The molecule has 0 aliphatic heterocycles. The third-order valence-electron chi connectivity index (χ3n) is 6.04. The highest BCUT2D eigenvalue weighted by molar-refractivity contribution is 6.80. The lowest BCUT2D eigenvalue weighted by Crippen LogP contribution is -2.32. The van der Waals surface area contributed by atoms with Crippen LogP contribution in [-0.4, -0.2) is 16.1 Å². The van der Waals surface area contributed by atoms with Gasteiger partial charge < -0.3 is 0 Å². The predicted molar refractivity (Wildman–Crippen MR) is 97.8 cm³/mol. The van der Waals surface area contributed by atoms with Crippen molar-refractivity contribution in [1.29, 1.82) is 0 Å². The van der Waals surface area contributed by atoms with E-state index in [2.05, 4.69) is 54.5 Å². The zero-order valence-electron chi connectivity index (χ0n) is 14.7. The molecule has 0 bridgehead atoms. The van der Waals surface area contributed by atoms with Gasteiger partial charge in [-0.15, -0.1) is 0 Å². The Balaban J connectivity index is 4.73. The van der Waals surface area contributed by atoms with Crippen LogP contribution in [0.4, 0.5) is 0 Å². The van der Waals surface area contributed by atoms with E-state index in [0.29, 0.717) is 0 Å². The fourth-order valence-corrected chi connectivity index (χ4v) is 10.1. The van der Waals surface area contributed by atoms with Gasteiger partial charge in [-0.25, -0.2) is 0 Å². The number of allylic oxidation sites excluding steroid dienone is 2. The molecule has 0 atom stereocenters. The Bertz CT molecular complexity index is 244. The predicted octanol–water partition coefficient (Wildman–Crippen LogP) is 6.95. The summed E-state index contributed by atoms with van der Waals surface area (Å²) in [7, 11) is -1.91. The van der Waals surface area contributed by atoms with Crippen molar-refractivity contribution < 1.29 is 0 Å². The summed E-state index contributed by atoms with van der Waals surface area (Å²) in [5.41, 5.74) is 1.71. The molecule has 114 valence electrons. The molecule has 0 heterocycles. The van der Waals surface area contributed by atoms with Crippen LogP contribution < -0.4 is 0 Å². The molecule has 0 aromatic heterocycles. The Labute approximate surface area is 125 Å². The highest BCUT2D eigenvalue weighted by Crippen LogP contribution is 2.31. The first-order valence-corrected chi connectivity index (χ1v) is 14.3. The average Bonchev–Trinajstić information content (AvgIpc) is 2.47. The third kappa shape index (κ3) is 5.59. The van der Waals surface area contributed by atoms with Gasteiger partial charge in [-0.3, -0.25) is 0 Å². The fourth-order valence-electron chi connectivity index (χ4n) is 3.36. The van der Waals surface area contributed by atoms with Gasteiger partial charge in [0.2, 0.25) is 0 Å². The molecule has 0 nitrogen and oxygen atoms in total. The van der Waals surface area contributed by atoms with E-state index in [1.165, 1.54) is 48.4 Å². The first-order valence-electron chi connectivity index (χ1n) is 8.62. The summed E-state index contributed by atoms with van der Waals surface area (Å²) in [6, 6.07) is 11.7. The quantitative estimate of drug-likeness (QED) is 0.302. The molecule has 0 rings (SSSR count). The maximum atomic E-state index is 2.64. The van der Waals surface area contributed by atoms with E-state index >= 15 is 0 Å². The van der Waals surface area contributed by atoms with Crippen molar-refractivity contribution in [2.24, 2.45) is 0 Å². The fraction of sp³-hybridized carbons (Fsp3) is 0.882. The topological polar surface area (TPSA) is 0 Å². The van der Waals surface area contributed by atoms with E-state index in [-0.39, 0.29) is 0 Å². The van der Waals surface area contributed by atoms with E-state index in [9.17, 15) is 0 Å². The lowest BCUT2D eigenvalue weighted by atomic mass is 10.3. The smallest absolute Gasteiger partial charge is 0.0567 e. The summed E-state index contributed by atoms with van der Waals surface area (Å²) in [5.74, 6) is 0. The molecule has 0 radical (unpaired) electrons. The molecule has 0 aromatic carbocycles. The van der Waals surface area contributed by atoms with Crippen LogP contribution in [0.2, 0.25) is 48.4 Å². The minimum Gasteiger partial charge on any atom is -0.0885 e. The summed E-state index contributed by atoms with van der Waals surface area (Å²) in [5, 5.41) is 0. The molecular formula is C17H38Si2. The first-order chi connectivity index (χ1) is 8.96. The lowest BCUT2D eigenvalue weighted by Gasteiger charge is -2.30. The monoisotopic (exact) mass is 298 g/mol. The van der Waals surface area contributed by atoms with Crippen LogP contribution in [-0.2, 0) is 0 Å². The normalized spacial score (nSPS) is 13.9. The van der Waals surface area contributed by atoms with Crippen molar-refractivity contribution in [1.82, 2.24) is 0 Å². The molecule has 0 fully saturated rings. The van der Waals surface area contributed by atoms with Crippen molar-refractivity contribution in [3.8, 4) is 0 Å². The summed E-state index contributed by atoms with van der Waals surface area (Å²) in [6.45, 7) is 17.0. The van der Waals surface area contributed by atoms with Gasteiger partial charge >= 0.3 is 0 Å². The van der Waals surface area contributed by atoms with Crippen LogP contribution in [0.3, 0.4) is 0 Å². The van der Waals surface area contributed by atoms with Crippen molar-refractivity contribution in [2.45, 2.75) is 96.8 Å². The van der Waals surface area contributed by atoms with Gasteiger partial charge in [0.05, 0.1) is 16.1 Å². The minimum absolute atomic E-state index is 0.947. The highest BCUT2D eigenvalue weighted by Gasteiger charge is 2.28. The van der Waals surface area contributed by atoms with Gasteiger partial charge in [0.15, 0.2) is 0 Å². The van der Waals surface area contributed by atoms with E-state index in [0.717, 1.165) is 0 Å².